The Morgan fingerprint density at radius 1 is 1.37 bits per heavy atom. The van der Waals surface area contributed by atoms with Gasteiger partial charge in [0.2, 0.25) is 0 Å². The van der Waals surface area contributed by atoms with Crippen LogP contribution in [-0.2, 0) is 0 Å². The highest BCUT2D eigenvalue weighted by atomic mass is 16.5. The number of benzene rings is 1. The van der Waals surface area contributed by atoms with E-state index in [1.165, 1.54) is 0 Å². The van der Waals surface area contributed by atoms with Crippen molar-refractivity contribution >= 4 is 5.78 Å². The van der Waals surface area contributed by atoms with E-state index in [2.05, 4.69) is 10.2 Å². The number of hydrogen-bond acceptors (Lipinski definition) is 4. The van der Waals surface area contributed by atoms with Gasteiger partial charge in [-0.1, -0.05) is 0 Å². The van der Waals surface area contributed by atoms with Crippen LogP contribution < -0.4 is 10.1 Å². The van der Waals surface area contributed by atoms with Crippen LogP contribution in [0.3, 0.4) is 0 Å². The molecule has 1 N–H and O–H groups in total. The number of Topliss-reactive ketones (excluding diaryl/α,β-unsaturated/α-hetero) is 1. The molecule has 0 aromatic heterocycles. The molecule has 1 aromatic carbocycles. The van der Waals surface area contributed by atoms with E-state index in [-0.39, 0.29) is 5.78 Å². The first-order valence-electron chi connectivity index (χ1n) is 6.90. The molecule has 0 atom stereocenters. The van der Waals surface area contributed by atoms with Crippen molar-refractivity contribution < 1.29 is 9.53 Å². The lowest BCUT2D eigenvalue weighted by molar-refractivity contribution is 0.0921. The van der Waals surface area contributed by atoms with Crippen LogP contribution in [-0.4, -0.2) is 50.0 Å². The van der Waals surface area contributed by atoms with Gasteiger partial charge in [0.15, 0.2) is 5.78 Å². The second-order valence-corrected chi connectivity index (χ2v) is 4.86. The molecule has 4 heteroatoms. The highest BCUT2D eigenvalue weighted by Crippen LogP contribution is 2.19. The summed E-state index contributed by atoms with van der Waals surface area (Å²) < 4.78 is 5.49. The van der Waals surface area contributed by atoms with Gasteiger partial charge in [-0.05, 0) is 37.6 Å². The fourth-order valence-electron chi connectivity index (χ4n) is 2.30. The number of carbonyl (C=O) groups excluding carboxylic acids is 1. The van der Waals surface area contributed by atoms with E-state index in [1.807, 2.05) is 32.0 Å². The van der Waals surface area contributed by atoms with Crippen LogP contribution in [0, 0.1) is 6.92 Å². The Balaban J connectivity index is 2.00. The van der Waals surface area contributed by atoms with Crippen molar-refractivity contribution in [2.24, 2.45) is 0 Å². The second kappa shape index (κ2) is 6.68. The molecule has 0 bridgehead atoms. The summed E-state index contributed by atoms with van der Waals surface area (Å²) in [6, 6.07) is 5.68. The molecule has 4 nitrogen and oxygen atoms in total. The average molecular weight is 262 g/mol. The Bertz CT molecular complexity index is 440. The zero-order valence-electron chi connectivity index (χ0n) is 11.7. The number of aryl methyl sites for hydroxylation is 1. The normalized spacial score (nSPS) is 16.3. The number of nitrogens with zero attached hydrogens (tertiary/aromatic N) is 1. The van der Waals surface area contributed by atoms with Crippen LogP contribution in [0.4, 0.5) is 0 Å². The zero-order chi connectivity index (χ0) is 13.7. The van der Waals surface area contributed by atoms with E-state index in [1.54, 1.807) is 0 Å². The van der Waals surface area contributed by atoms with E-state index in [0.29, 0.717) is 13.2 Å². The molecule has 0 aliphatic carbocycles. The Morgan fingerprint density at radius 3 is 2.74 bits per heavy atom. The van der Waals surface area contributed by atoms with E-state index in [4.69, 9.17) is 4.74 Å². The Hall–Kier alpha value is -1.39. The monoisotopic (exact) mass is 262 g/mol. The first-order chi connectivity index (χ1) is 9.20. The summed E-state index contributed by atoms with van der Waals surface area (Å²) in [6.07, 6.45) is 0. The average Bonchev–Trinajstić information content (AvgIpc) is 2.42. The number of ketones is 1. The lowest BCUT2D eigenvalue weighted by atomic mass is 10.1. The lowest BCUT2D eigenvalue weighted by Crippen LogP contribution is -2.45. The van der Waals surface area contributed by atoms with Gasteiger partial charge in [-0.2, -0.15) is 0 Å². The quantitative estimate of drug-likeness (QED) is 0.816. The molecule has 1 aliphatic heterocycles. The molecule has 1 aliphatic rings. The molecule has 1 heterocycles. The molecule has 19 heavy (non-hydrogen) atoms. The highest BCUT2D eigenvalue weighted by molar-refractivity contribution is 5.98. The Labute approximate surface area is 114 Å². The standard InChI is InChI=1S/C15H22N2O2/c1-3-19-15-5-4-13(10-12(15)2)14(18)11-17-8-6-16-7-9-17/h4-5,10,16H,3,6-9,11H2,1-2H3. The summed E-state index contributed by atoms with van der Waals surface area (Å²) in [7, 11) is 0. The second-order valence-electron chi connectivity index (χ2n) is 4.86. The van der Waals surface area contributed by atoms with Crippen molar-refractivity contribution in [2.75, 3.05) is 39.3 Å². The van der Waals surface area contributed by atoms with Gasteiger partial charge in [0.1, 0.15) is 5.75 Å². The zero-order valence-corrected chi connectivity index (χ0v) is 11.7. The van der Waals surface area contributed by atoms with Gasteiger partial charge in [0, 0.05) is 31.7 Å². The van der Waals surface area contributed by atoms with E-state index < -0.39 is 0 Å². The number of ether oxygens (including phenoxy) is 1. The number of rotatable bonds is 5. The van der Waals surface area contributed by atoms with Crippen LogP contribution in [0.25, 0.3) is 0 Å². The van der Waals surface area contributed by atoms with Crippen LogP contribution >= 0.6 is 0 Å². The van der Waals surface area contributed by atoms with Crippen molar-refractivity contribution in [2.45, 2.75) is 13.8 Å². The molecule has 0 spiro atoms. The molecule has 1 fully saturated rings. The van der Waals surface area contributed by atoms with E-state index in [9.17, 15) is 4.79 Å². The maximum atomic E-state index is 12.2. The molecule has 1 aromatic rings. The van der Waals surface area contributed by atoms with Crippen molar-refractivity contribution in [1.82, 2.24) is 10.2 Å². The maximum absolute atomic E-state index is 12.2. The van der Waals surface area contributed by atoms with Crippen molar-refractivity contribution in [3.05, 3.63) is 29.3 Å². The minimum Gasteiger partial charge on any atom is -0.494 e. The summed E-state index contributed by atoms with van der Waals surface area (Å²) in [5.41, 5.74) is 1.80. The van der Waals surface area contributed by atoms with Gasteiger partial charge in [-0.25, -0.2) is 0 Å². The third-order valence-electron chi connectivity index (χ3n) is 3.37. The smallest absolute Gasteiger partial charge is 0.176 e. The largest absolute Gasteiger partial charge is 0.494 e. The maximum Gasteiger partial charge on any atom is 0.176 e. The fourth-order valence-corrected chi connectivity index (χ4v) is 2.30. The summed E-state index contributed by atoms with van der Waals surface area (Å²) in [5.74, 6) is 1.05. The third kappa shape index (κ3) is 3.78. The van der Waals surface area contributed by atoms with Gasteiger partial charge in [0.05, 0.1) is 13.2 Å². The Morgan fingerprint density at radius 2 is 2.11 bits per heavy atom. The van der Waals surface area contributed by atoms with Gasteiger partial charge in [-0.3, -0.25) is 9.69 Å². The molecule has 0 saturated carbocycles. The van der Waals surface area contributed by atoms with Gasteiger partial charge in [-0.15, -0.1) is 0 Å². The molecule has 0 radical (unpaired) electrons. The number of carbonyl (C=O) groups is 1. The highest BCUT2D eigenvalue weighted by Gasteiger charge is 2.15. The van der Waals surface area contributed by atoms with E-state index in [0.717, 1.165) is 43.1 Å². The van der Waals surface area contributed by atoms with Crippen LogP contribution in [0.1, 0.15) is 22.8 Å². The predicted molar refractivity (Wildman–Crippen MR) is 76.0 cm³/mol. The first kappa shape index (κ1) is 14.0. The molecule has 0 unspecified atom stereocenters. The first-order valence-corrected chi connectivity index (χ1v) is 6.90. The molecule has 1 saturated heterocycles. The minimum atomic E-state index is 0.188. The number of piperazine rings is 1. The number of nitrogens with one attached hydrogen (secondary N) is 1. The molecular formula is C15H22N2O2. The molecule has 2 rings (SSSR count). The summed E-state index contributed by atoms with van der Waals surface area (Å²) in [6.45, 7) is 8.92. The van der Waals surface area contributed by atoms with Gasteiger partial charge >= 0.3 is 0 Å². The third-order valence-corrected chi connectivity index (χ3v) is 3.37. The van der Waals surface area contributed by atoms with Crippen molar-refractivity contribution in [1.29, 1.82) is 0 Å². The SMILES string of the molecule is CCOc1ccc(C(=O)CN2CCNCC2)cc1C. The van der Waals surface area contributed by atoms with E-state index >= 15 is 0 Å². The lowest BCUT2D eigenvalue weighted by Gasteiger charge is -2.26. The van der Waals surface area contributed by atoms with Crippen molar-refractivity contribution in [3.8, 4) is 5.75 Å². The fraction of sp³-hybridized carbons (Fsp3) is 0.533. The summed E-state index contributed by atoms with van der Waals surface area (Å²) >= 11 is 0. The topological polar surface area (TPSA) is 41.6 Å². The summed E-state index contributed by atoms with van der Waals surface area (Å²) in [4.78, 5) is 14.4. The van der Waals surface area contributed by atoms with Gasteiger partial charge in [0.25, 0.3) is 0 Å². The Kier molecular flexibility index (Phi) is 4.93. The molecule has 104 valence electrons. The summed E-state index contributed by atoms with van der Waals surface area (Å²) in [5, 5.41) is 3.29. The molecule has 0 amide bonds. The minimum absolute atomic E-state index is 0.188. The van der Waals surface area contributed by atoms with Crippen molar-refractivity contribution in [3.63, 3.8) is 0 Å². The van der Waals surface area contributed by atoms with Crippen LogP contribution in [0.15, 0.2) is 18.2 Å². The molecular weight excluding hydrogens is 240 g/mol. The number of hydrogen-bond donors (Lipinski definition) is 1. The van der Waals surface area contributed by atoms with Gasteiger partial charge < -0.3 is 10.1 Å². The predicted octanol–water partition coefficient (Wildman–Crippen LogP) is 1.48. The van der Waals surface area contributed by atoms with Crippen LogP contribution in [0.2, 0.25) is 0 Å². The van der Waals surface area contributed by atoms with Crippen LogP contribution in [0.5, 0.6) is 5.75 Å².